The largest absolute Gasteiger partial charge is 0.367 e. The Labute approximate surface area is 217 Å². The van der Waals surface area contributed by atoms with Crippen molar-refractivity contribution in [3.8, 4) is 11.3 Å². The first-order valence-corrected chi connectivity index (χ1v) is 12.1. The molecule has 0 fully saturated rings. The Morgan fingerprint density at radius 3 is 2.45 bits per heavy atom. The third kappa shape index (κ3) is 4.97. The lowest BCUT2D eigenvalue weighted by atomic mass is 10.1. The number of pyridine rings is 1. The molecule has 3 N–H and O–H groups in total. The summed E-state index contributed by atoms with van der Waals surface area (Å²) in [7, 11) is 1.64. The smallest absolute Gasteiger partial charge is 0.267 e. The van der Waals surface area contributed by atoms with Gasteiger partial charge in [-0.1, -0.05) is 30.3 Å². The molecule has 2 aromatic carbocycles. The summed E-state index contributed by atoms with van der Waals surface area (Å²) in [5.74, 6) is -0.611. The third-order valence-corrected chi connectivity index (χ3v) is 6.31. The maximum Gasteiger partial charge on any atom is 0.267 e. The maximum absolute atomic E-state index is 13.5. The van der Waals surface area contributed by atoms with E-state index >= 15 is 0 Å². The van der Waals surface area contributed by atoms with E-state index in [2.05, 4.69) is 20.6 Å². The van der Waals surface area contributed by atoms with Crippen LogP contribution in [0.1, 0.15) is 19.4 Å². The molecular formula is C28H27F2N7O. The molecule has 0 aliphatic carbocycles. The second-order valence-electron chi connectivity index (χ2n) is 9.80. The van der Waals surface area contributed by atoms with Gasteiger partial charge in [-0.05, 0) is 55.8 Å². The predicted molar refractivity (Wildman–Crippen MR) is 140 cm³/mol. The molecule has 10 heteroatoms. The zero-order valence-electron chi connectivity index (χ0n) is 21.2. The van der Waals surface area contributed by atoms with Crippen LogP contribution in [0.25, 0.3) is 17.1 Å². The first-order valence-electron chi connectivity index (χ1n) is 12.1. The summed E-state index contributed by atoms with van der Waals surface area (Å²) >= 11 is 0. The van der Waals surface area contributed by atoms with Crippen LogP contribution in [0.4, 0.5) is 14.5 Å². The van der Waals surface area contributed by atoms with E-state index < -0.39 is 11.5 Å². The fourth-order valence-electron chi connectivity index (χ4n) is 4.40. The van der Waals surface area contributed by atoms with Crippen molar-refractivity contribution in [1.29, 1.82) is 5.41 Å². The number of fused-ring (bicyclic) bond motifs is 1. The topological polar surface area (TPSA) is 100 Å². The molecule has 1 aliphatic rings. The van der Waals surface area contributed by atoms with Gasteiger partial charge in [0.1, 0.15) is 22.3 Å². The van der Waals surface area contributed by atoms with Gasteiger partial charge in [0.25, 0.3) is 5.56 Å². The van der Waals surface area contributed by atoms with E-state index in [1.807, 2.05) is 38.1 Å². The minimum atomic E-state index is -0.546. The third-order valence-electron chi connectivity index (χ3n) is 6.31. The monoisotopic (exact) mass is 515 g/mol. The highest BCUT2D eigenvalue weighted by Crippen LogP contribution is 2.18. The number of hydrogen-bond donors (Lipinski definition) is 3. The Bertz CT molecular complexity index is 1760. The summed E-state index contributed by atoms with van der Waals surface area (Å²) in [5, 5.41) is 15.5. The Morgan fingerprint density at radius 2 is 1.76 bits per heavy atom. The standard InChI is InChI=1S/C28H27F2N7O/c1-28(2)16-37-24(31)23(26(38)36(3)27(37)35-28)25(33-20-13-11-19(29)12-14-20)32-15-17-7-9-18(10-8-17)21-5-4-6-22(30)34-21/h4-14,31-33H,15-16H2,1-3H3/b25-23-,31-24?. The fraction of sp³-hybridized carbons (Fsp3) is 0.214. The van der Waals surface area contributed by atoms with Gasteiger partial charge in [-0.2, -0.15) is 4.39 Å². The highest BCUT2D eigenvalue weighted by molar-refractivity contribution is 5.63. The zero-order chi connectivity index (χ0) is 27.0. The molecule has 0 spiro atoms. The van der Waals surface area contributed by atoms with Crippen LogP contribution >= 0.6 is 0 Å². The number of hydrogen-bond acceptors (Lipinski definition) is 6. The number of anilines is 1. The van der Waals surface area contributed by atoms with Crippen LogP contribution in [0.2, 0.25) is 0 Å². The van der Waals surface area contributed by atoms with Gasteiger partial charge in [0.05, 0.1) is 17.8 Å². The molecule has 0 bridgehead atoms. The average molecular weight is 516 g/mol. The van der Waals surface area contributed by atoms with Crippen molar-refractivity contribution in [2.45, 2.75) is 32.5 Å². The lowest BCUT2D eigenvalue weighted by Gasteiger charge is -2.16. The van der Waals surface area contributed by atoms with Gasteiger partial charge in [-0.15, -0.1) is 0 Å². The van der Waals surface area contributed by atoms with Crippen LogP contribution in [0, 0.1) is 17.2 Å². The van der Waals surface area contributed by atoms with Crippen molar-refractivity contribution in [2.75, 3.05) is 5.32 Å². The number of nitrogens with one attached hydrogen (secondary N) is 3. The molecule has 1 aliphatic heterocycles. The molecule has 5 rings (SSSR count). The lowest BCUT2D eigenvalue weighted by Crippen LogP contribution is -2.59. The summed E-state index contributed by atoms with van der Waals surface area (Å²) < 4.78 is 30.2. The first kappa shape index (κ1) is 25.1. The van der Waals surface area contributed by atoms with E-state index in [1.165, 1.54) is 22.8 Å². The zero-order valence-corrected chi connectivity index (χ0v) is 21.2. The summed E-state index contributed by atoms with van der Waals surface area (Å²) in [4.78, 5) is 22.0. The molecule has 38 heavy (non-hydrogen) atoms. The van der Waals surface area contributed by atoms with Gasteiger partial charge in [-0.3, -0.25) is 19.3 Å². The van der Waals surface area contributed by atoms with Crippen LogP contribution in [-0.4, -0.2) is 19.7 Å². The molecular weight excluding hydrogens is 488 g/mol. The van der Waals surface area contributed by atoms with Crippen LogP contribution in [0.3, 0.4) is 0 Å². The molecule has 4 aromatic rings. The van der Waals surface area contributed by atoms with Crippen molar-refractivity contribution >= 4 is 11.5 Å². The van der Waals surface area contributed by atoms with Gasteiger partial charge >= 0.3 is 0 Å². The summed E-state index contributed by atoms with van der Waals surface area (Å²) in [6, 6.07) is 17.8. The first-order chi connectivity index (χ1) is 18.1. The number of rotatable bonds is 6. The molecule has 0 unspecified atom stereocenters. The van der Waals surface area contributed by atoms with E-state index in [0.717, 1.165) is 11.1 Å². The van der Waals surface area contributed by atoms with E-state index in [0.29, 0.717) is 35.9 Å². The van der Waals surface area contributed by atoms with E-state index in [-0.39, 0.29) is 22.1 Å². The molecule has 2 aromatic heterocycles. The number of benzene rings is 2. The molecule has 0 atom stereocenters. The van der Waals surface area contributed by atoms with Crippen LogP contribution < -0.4 is 32.5 Å². The number of nitrogens with zero attached hydrogens (tertiary/aromatic N) is 4. The van der Waals surface area contributed by atoms with Crippen LogP contribution in [0.5, 0.6) is 0 Å². The van der Waals surface area contributed by atoms with E-state index in [1.54, 1.807) is 35.9 Å². The second-order valence-corrected chi connectivity index (χ2v) is 9.80. The lowest BCUT2D eigenvalue weighted by molar-refractivity contribution is 0.466. The second kappa shape index (κ2) is 9.70. The summed E-state index contributed by atoms with van der Waals surface area (Å²) in [5.41, 5.74) is 2.38. The molecule has 0 saturated carbocycles. The van der Waals surface area contributed by atoms with Gasteiger partial charge in [0.2, 0.25) is 11.6 Å². The van der Waals surface area contributed by atoms with Crippen LogP contribution in [-0.2, 0) is 20.1 Å². The Balaban J connectivity index is 1.55. The average Bonchev–Trinajstić information content (AvgIpc) is 3.23. The van der Waals surface area contributed by atoms with E-state index in [4.69, 9.17) is 5.41 Å². The number of halogens is 2. The summed E-state index contributed by atoms with van der Waals surface area (Å²) in [6.07, 6.45) is 0. The SMILES string of the molecule is Cn1c(=O)/c(=C(/NCc2ccc(-c3cccc(F)n3)cc2)Nc2ccc(F)cc2)c(=N)n2c1=NC(C)(C)C2. The normalized spacial score (nSPS) is 14.4. The van der Waals surface area contributed by atoms with Crippen molar-refractivity contribution in [3.05, 3.63) is 111 Å². The van der Waals surface area contributed by atoms with E-state index in [9.17, 15) is 13.6 Å². The Kier molecular flexibility index (Phi) is 6.40. The Hall–Kier alpha value is -4.60. The van der Waals surface area contributed by atoms with Crippen molar-refractivity contribution in [1.82, 2.24) is 19.4 Å². The van der Waals surface area contributed by atoms with Gasteiger partial charge in [0, 0.05) is 24.8 Å². The predicted octanol–water partition coefficient (Wildman–Crippen LogP) is 2.39. The molecule has 3 heterocycles. The summed E-state index contributed by atoms with van der Waals surface area (Å²) in [6.45, 7) is 4.68. The van der Waals surface area contributed by atoms with Crippen LogP contribution in [0.15, 0.2) is 76.5 Å². The molecule has 0 saturated heterocycles. The van der Waals surface area contributed by atoms with Crippen molar-refractivity contribution in [2.24, 2.45) is 12.0 Å². The highest BCUT2D eigenvalue weighted by Gasteiger charge is 2.26. The minimum absolute atomic E-state index is 0.0297. The molecule has 8 nitrogen and oxygen atoms in total. The van der Waals surface area contributed by atoms with Gasteiger partial charge in [0.15, 0.2) is 0 Å². The fourth-order valence-corrected chi connectivity index (χ4v) is 4.40. The van der Waals surface area contributed by atoms with Gasteiger partial charge in [-0.25, -0.2) is 14.4 Å². The Morgan fingerprint density at radius 1 is 1.05 bits per heavy atom. The number of aromatic nitrogens is 3. The maximum atomic E-state index is 13.5. The van der Waals surface area contributed by atoms with Crippen molar-refractivity contribution in [3.63, 3.8) is 0 Å². The quantitative estimate of drug-likeness (QED) is 0.344. The molecule has 0 radical (unpaired) electrons. The molecule has 194 valence electrons. The minimum Gasteiger partial charge on any atom is -0.367 e. The molecule has 0 amide bonds. The van der Waals surface area contributed by atoms with Crippen molar-refractivity contribution < 1.29 is 8.78 Å². The highest BCUT2D eigenvalue weighted by atomic mass is 19.1. The van der Waals surface area contributed by atoms with Gasteiger partial charge < -0.3 is 10.6 Å².